The summed E-state index contributed by atoms with van der Waals surface area (Å²) in [4.78, 5) is 15.2. The van der Waals surface area contributed by atoms with E-state index >= 15 is 0 Å². The molecule has 0 bridgehead atoms. The van der Waals surface area contributed by atoms with Gasteiger partial charge in [0.1, 0.15) is 0 Å². The monoisotopic (exact) mass is 387 g/mol. The Morgan fingerprint density at radius 3 is 2.83 bits per heavy atom. The second-order valence-electron chi connectivity index (χ2n) is 4.95. The molecular weight excluding hydrogens is 374 g/mol. The number of pyridine rings is 1. The van der Waals surface area contributed by atoms with Crippen molar-refractivity contribution in [2.24, 2.45) is 0 Å². The molecule has 0 saturated carbocycles. The Morgan fingerprint density at radius 1 is 1.30 bits per heavy atom. The maximum Gasteiger partial charge on any atom is 0.262 e. The summed E-state index contributed by atoms with van der Waals surface area (Å²) in [6.45, 7) is 4.02. The molecule has 0 aliphatic carbocycles. The van der Waals surface area contributed by atoms with Gasteiger partial charge in [0.25, 0.3) is 5.56 Å². The van der Waals surface area contributed by atoms with Gasteiger partial charge in [-0.25, -0.2) is 0 Å². The summed E-state index contributed by atoms with van der Waals surface area (Å²) in [5.74, 6) is 0. The van der Waals surface area contributed by atoms with E-state index in [1.807, 2.05) is 29.6 Å². The minimum Gasteiger partial charge on any atom is -0.397 e. The van der Waals surface area contributed by atoms with E-state index in [0.29, 0.717) is 15.9 Å². The fourth-order valence-corrected chi connectivity index (χ4v) is 3.21. The summed E-state index contributed by atoms with van der Waals surface area (Å²) in [5.41, 5.74) is 9.81. The Morgan fingerprint density at radius 2 is 2.13 bits per heavy atom. The number of nitrogens with one attached hydrogen (secondary N) is 2. The molecule has 116 valence electrons. The molecule has 0 spiro atoms. The van der Waals surface area contributed by atoms with Crippen molar-refractivity contribution in [1.82, 2.24) is 4.98 Å². The largest absolute Gasteiger partial charge is 0.397 e. The number of nitrogens with two attached hydrogens (primary N) is 1. The summed E-state index contributed by atoms with van der Waals surface area (Å²) in [7, 11) is 0. The van der Waals surface area contributed by atoms with Crippen molar-refractivity contribution in [2.75, 3.05) is 11.1 Å². The predicted octanol–water partition coefficient (Wildman–Crippen LogP) is 4.53. The van der Waals surface area contributed by atoms with Gasteiger partial charge in [-0.2, -0.15) is 0 Å². The van der Waals surface area contributed by atoms with Crippen molar-refractivity contribution in [2.45, 2.75) is 0 Å². The molecule has 0 fully saturated rings. The SMILES string of the molecule is C=C(Nc1cc(-c2cccs2)ccc1N)c1c[nH]c(=O)c(Br)c1. The van der Waals surface area contributed by atoms with Gasteiger partial charge in [0, 0.05) is 22.3 Å². The quantitative estimate of drug-likeness (QED) is 0.575. The van der Waals surface area contributed by atoms with Crippen molar-refractivity contribution >= 4 is 44.3 Å². The van der Waals surface area contributed by atoms with Crippen LogP contribution in [0, 0.1) is 0 Å². The zero-order valence-electron chi connectivity index (χ0n) is 12.1. The number of thiophene rings is 1. The number of anilines is 2. The second kappa shape index (κ2) is 6.44. The van der Waals surface area contributed by atoms with Gasteiger partial charge in [-0.3, -0.25) is 4.79 Å². The van der Waals surface area contributed by atoms with Gasteiger partial charge in [-0.1, -0.05) is 18.7 Å². The summed E-state index contributed by atoms with van der Waals surface area (Å²) in [6.07, 6.45) is 1.61. The molecule has 6 heteroatoms. The van der Waals surface area contributed by atoms with Crippen LogP contribution in [0.4, 0.5) is 11.4 Å². The predicted molar refractivity (Wildman–Crippen MR) is 102 cm³/mol. The third-order valence-corrected chi connectivity index (χ3v) is 4.86. The average molecular weight is 388 g/mol. The van der Waals surface area contributed by atoms with Crippen LogP contribution < -0.4 is 16.6 Å². The van der Waals surface area contributed by atoms with Gasteiger partial charge in [-0.15, -0.1) is 11.3 Å². The van der Waals surface area contributed by atoms with Gasteiger partial charge in [0.15, 0.2) is 0 Å². The second-order valence-corrected chi connectivity index (χ2v) is 6.75. The minimum absolute atomic E-state index is 0.180. The van der Waals surface area contributed by atoms with Gasteiger partial charge in [0.2, 0.25) is 0 Å². The van der Waals surface area contributed by atoms with Crippen LogP contribution in [0.1, 0.15) is 5.56 Å². The first-order valence-electron chi connectivity index (χ1n) is 6.82. The average Bonchev–Trinajstić information content (AvgIpc) is 3.06. The van der Waals surface area contributed by atoms with Gasteiger partial charge in [-0.05, 0) is 51.1 Å². The first-order valence-corrected chi connectivity index (χ1v) is 8.50. The third kappa shape index (κ3) is 3.38. The Labute approximate surface area is 145 Å². The van der Waals surface area contributed by atoms with Crippen molar-refractivity contribution in [3.63, 3.8) is 0 Å². The molecule has 0 unspecified atom stereocenters. The molecule has 0 amide bonds. The Balaban J connectivity index is 1.90. The number of benzene rings is 1. The molecule has 2 heterocycles. The fourth-order valence-electron chi connectivity index (χ4n) is 2.13. The number of halogens is 1. The van der Waals surface area contributed by atoms with Crippen LogP contribution in [0.25, 0.3) is 16.1 Å². The van der Waals surface area contributed by atoms with Gasteiger partial charge < -0.3 is 16.0 Å². The zero-order valence-corrected chi connectivity index (χ0v) is 14.5. The van der Waals surface area contributed by atoms with Crippen LogP contribution in [0.15, 0.2) is 63.8 Å². The van der Waals surface area contributed by atoms with E-state index in [4.69, 9.17) is 5.73 Å². The Kier molecular flexibility index (Phi) is 4.36. The van der Waals surface area contributed by atoms with Crippen LogP contribution in [-0.2, 0) is 0 Å². The van der Waals surface area contributed by atoms with E-state index in [1.165, 1.54) is 4.88 Å². The van der Waals surface area contributed by atoms with E-state index in [1.54, 1.807) is 23.6 Å². The van der Waals surface area contributed by atoms with Gasteiger partial charge >= 0.3 is 0 Å². The lowest BCUT2D eigenvalue weighted by molar-refractivity contribution is 1.20. The molecule has 0 saturated heterocycles. The number of nitrogen functional groups attached to an aromatic ring is 1. The lowest BCUT2D eigenvalue weighted by Crippen LogP contribution is -2.08. The summed E-state index contributed by atoms with van der Waals surface area (Å²) >= 11 is 4.89. The molecule has 3 aromatic rings. The number of hydrogen-bond donors (Lipinski definition) is 3. The maximum atomic E-state index is 11.4. The molecule has 0 radical (unpaired) electrons. The highest BCUT2D eigenvalue weighted by atomic mass is 79.9. The summed E-state index contributed by atoms with van der Waals surface area (Å²) < 4.78 is 0.457. The molecule has 3 rings (SSSR count). The highest BCUT2D eigenvalue weighted by molar-refractivity contribution is 9.10. The smallest absolute Gasteiger partial charge is 0.262 e. The zero-order chi connectivity index (χ0) is 16.4. The van der Waals surface area contributed by atoms with E-state index in [9.17, 15) is 4.79 Å². The Hall–Kier alpha value is -2.31. The number of rotatable bonds is 4. The molecule has 0 aliphatic rings. The normalized spacial score (nSPS) is 10.5. The van der Waals surface area contributed by atoms with Crippen LogP contribution in [-0.4, -0.2) is 4.98 Å². The van der Waals surface area contributed by atoms with E-state index in [2.05, 4.69) is 38.9 Å². The molecule has 0 aliphatic heterocycles. The fraction of sp³-hybridized carbons (Fsp3) is 0. The number of hydrogen-bond acceptors (Lipinski definition) is 4. The number of aromatic amines is 1. The highest BCUT2D eigenvalue weighted by Crippen LogP contribution is 2.31. The molecule has 0 atom stereocenters. The van der Waals surface area contributed by atoms with E-state index < -0.39 is 0 Å². The molecular formula is C17H14BrN3OS. The number of aromatic nitrogens is 1. The standard InChI is InChI=1S/C17H14BrN3OS/c1-10(12-7-13(18)17(22)20-9-12)21-15-8-11(4-5-14(15)19)16-3-2-6-23-16/h2-9,21H,1,19H2,(H,20,22). The molecule has 23 heavy (non-hydrogen) atoms. The van der Waals surface area contributed by atoms with E-state index in [-0.39, 0.29) is 5.56 Å². The summed E-state index contributed by atoms with van der Waals surface area (Å²) in [6, 6.07) is 11.6. The topological polar surface area (TPSA) is 70.9 Å². The van der Waals surface area contributed by atoms with E-state index in [0.717, 1.165) is 16.8 Å². The highest BCUT2D eigenvalue weighted by Gasteiger charge is 2.07. The van der Waals surface area contributed by atoms with Crippen molar-refractivity contribution < 1.29 is 0 Å². The molecule has 2 aromatic heterocycles. The maximum absolute atomic E-state index is 11.4. The van der Waals surface area contributed by atoms with Crippen LogP contribution in [0.3, 0.4) is 0 Å². The molecule has 4 N–H and O–H groups in total. The van der Waals surface area contributed by atoms with Gasteiger partial charge in [0.05, 0.1) is 15.8 Å². The third-order valence-electron chi connectivity index (χ3n) is 3.35. The van der Waals surface area contributed by atoms with Crippen LogP contribution in [0.5, 0.6) is 0 Å². The first kappa shape index (κ1) is 15.6. The lowest BCUT2D eigenvalue weighted by Gasteiger charge is -2.13. The number of H-pyrrole nitrogens is 1. The van der Waals surface area contributed by atoms with Crippen LogP contribution in [0.2, 0.25) is 0 Å². The summed E-state index contributed by atoms with van der Waals surface area (Å²) in [5, 5.41) is 5.26. The van der Waals surface area contributed by atoms with Crippen molar-refractivity contribution in [3.05, 3.63) is 74.9 Å². The first-order chi connectivity index (χ1) is 11.0. The Bertz CT molecular complexity index is 916. The van der Waals surface area contributed by atoms with Crippen molar-refractivity contribution in [1.29, 1.82) is 0 Å². The lowest BCUT2D eigenvalue weighted by atomic mass is 10.1. The minimum atomic E-state index is -0.180. The molecule has 1 aromatic carbocycles. The van der Waals surface area contributed by atoms with Crippen LogP contribution >= 0.6 is 27.3 Å². The van der Waals surface area contributed by atoms with Crippen molar-refractivity contribution in [3.8, 4) is 10.4 Å². The molecule has 4 nitrogen and oxygen atoms in total.